The average Bonchev–Trinajstić information content (AvgIpc) is 2.74. The van der Waals surface area contributed by atoms with Crippen molar-refractivity contribution in [3.8, 4) is 0 Å². The molecule has 0 saturated carbocycles. The summed E-state index contributed by atoms with van der Waals surface area (Å²) in [7, 11) is -1.12. The van der Waals surface area contributed by atoms with E-state index in [9.17, 15) is 9.00 Å². The second-order valence-corrected chi connectivity index (χ2v) is 8.07. The van der Waals surface area contributed by atoms with E-state index in [1.807, 2.05) is 32.9 Å². The van der Waals surface area contributed by atoms with Crippen LogP contribution in [0.3, 0.4) is 0 Å². The van der Waals surface area contributed by atoms with Gasteiger partial charge in [-0.1, -0.05) is 12.1 Å². The summed E-state index contributed by atoms with van der Waals surface area (Å²) in [6, 6.07) is 5.92. The van der Waals surface area contributed by atoms with Crippen molar-refractivity contribution in [2.45, 2.75) is 44.8 Å². The summed E-state index contributed by atoms with van der Waals surface area (Å²) in [6.45, 7) is 5.71. The zero-order valence-electron chi connectivity index (χ0n) is 11.3. The molecule has 1 unspecified atom stereocenters. The maximum atomic E-state index is 12.1. The quantitative estimate of drug-likeness (QED) is 0.787. The Morgan fingerprint density at radius 2 is 1.89 bits per heavy atom. The van der Waals surface area contributed by atoms with Crippen LogP contribution in [0.4, 0.5) is 0 Å². The zero-order chi connectivity index (χ0) is 13.3. The van der Waals surface area contributed by atoms with Crippen molar-refractivity contribution in [2.24, 2.45) is 0 Å². The monoisotopic (exact) mass is 264 g/mol. The van der Waals surface area contributed by atoms with E-state index in [0.29, 0.717) is 5.56 Å². The third-order valence-corrected chi connectivity index (χ3v) is 5.26. The van der Waals surface area contributed by atoms with Crippen LogP contribution in [-0.2, 0) is 23.6 Å². The minimum atomic E-state index is -1.12. The van der Waals surface area contributed by atoms with E-state index >= 15 is 0 Å². The summed E-state index contributed by atoms with van der Waals surface area (Å²) in [5.74, 6) is 0.125. The molecule has 2 rings (SSSR count). The van der Waals surface area contributed by atoms with Crippen molar-refractivity contribution in [2.75, 3.05) is 5.75 Å². The molecule has 1 aromatic carbocycles. The molecule has 1 atom stereocenters. The van der Waals surface area contributed by atoms with Crippen molar-refractivity contribution in [1.29, 1.82) is 0 Å². The van der Waals surface area contributed by atoms with Gasteiger partial charge in [0.2, 0.25) is 0 Å². The van der Waals surface area contributed by atoms with Gasteiger partial charge in [0.15, 0.2) is 5.78 Å². The number of benzene rings is 1. The van der Waals surface area contributed by atoms with Gasteiger partial charge in [-0.05, 0) is 57.2 Å². The maximum Gasteiger partial charge on any atom is 0.175 e. The fourth-order valence-electron chi connectivity index (χ4n) is 2.16. The van der Waals surface area contributed by atoms with Crippen molar-refractivity contribution in [3.63, 3.8) is 0 Å². The first kappa shape index (κ1) is 13.5. The van der Waals surface area contributed by atoms with Crippen molar-refractivity contribution in [1.82, 2.24) is 0 Å². The van der Waals surface area contributed by atoms with Crippen molar-refractivity contribution < 1.29 is 9.00 Å². The van der Waals surface area contributed by atoms with Crippen molar-refractivity contribution in [3.05, 3.63) is 34.9 Å². The van der Waals surface area contributed by atoms with Crippen molar-refractivity contribution >= 4 is 16.6 Å². The summed E-state index contributed by atoms with van der Waals surface area (Å²) in [4.78, 5) is 12.1. The molecule has 3 heteroatoms. The van der Waals surface area contributed by atoms with E-state index in [0.717, 1.165) is 12.8 Å². The van der Waals surface area contributed by atoms with Gasteiger partial charge in [0.05, 0.1) is 5.75 Å². The van der Waals surface area contributed by atoms with Gasteiger partial charge in [0.25, 0.3) is 0 Å². The number of ketones is 1. The molecular formula is C15H20O2S. The number of carbonyl (C=O) groups excluding carboxylic acids is 1. The fraction of sp³-hybridized carbons (Fsp3) is 0.533. The highest BCUT2D eigenvalue weighted by Gasteiger charge is 2.23. The summed E-state index contributed by atoms with van der Waals surface area (Å²) >= 11 is 0. The SMILES string of the molecule is CC(C)(C)S(=O)CC(=O)c1ccc2c(c1)CCC2. The van der Waals surface area contributed by atoms with Gasteiger partial charge in [0, 0.05) is 21.1 Å². The second kappa shape index (κ2) is 4.96. The lowest BCUT2D eigenvalue weighted by atomic mass is 10.0. The van der Waals surface area contributed by atoms with E-state index in [-0.39, 0.29) is 16.3 Å². The van der Waals surface area contributed by atoms with E-state index in [1.54, 1.807) is 0 Å². The Morgan fingerprint density at radius 3 is 2.56 bits per heavy atom. The van der Waals surface area contributed by atoms with Crippen LogP contribution >= 0.6 is 0 Å². The Labute approximate surface area is 111 Å². The van der Waals surface area contributed by atoms with Gasteiger partial charge >= 0.3 is 0 Å². The molecule has 0 radical (unpaired) electrons. The summed E-state index contributed by atoms with van der Waals surface area (Å²) in [5, 5.41) is 0. The molecule has 0 heterocycles. The Balaban J connectivity index is 2.13. The Morgan fingerprint density at radius 1 is 1.22 bits per heavy atom. The number of fused-ring (bicyclic) bond motifs is 1. The Kier molecular flexibility index (Phi) is 3.71. The number of Topliss-reactive ketones (excluding diaryl/α,β-unsaturated/α-hetero) is 1. The molecule has 18 heavy (non-hydrogen) atoms. The third-order valence-electron chi connectivity index (χ3n) is 3.37. The van der Waals surface area contributed by atoms with Crippen LogP contribution in [0.5, 0.6) is 0 Å². The van der Waals surface area contributed by atoms with Crippen LogP contribution in [0.2, 0.25) is 0 Å². The second-order valence-electron chi connectivity index (χ2n) is 5.86. The molecule has 1 aliphatic carbocycles. The maximum absolute atomic E-state index is 12.1. The fourth-order valence-corrected chi connectivity index (χ4v) is 3.00. The third kappa shape index (κ3) is 2.89. The zero-order valence-corrected chi connectivity index (χ0v) is 12.1. The number of carbonyl (C=O) groups is 1. The molecular weight excluding hydrogens is 244 g/mol. The lowest BCUT2D eigenvalue weighted by Gasteiger charge is -2.17. The molecule has 0 amide bonds. The summed E-state index contributed by atoms with van der Waals surface area (Å²) < 4.78 is 11.6. The first-order valence-electron chi connectivity index (χ1n) is 6.41. The highest BCUT2D eigenvalue weighted by molar-refractivity contribution is 7.87. The Hall–Kier alpha value is -0.960. The molecule has 98 valence electrons. The predicted octanol–water partition coefficient (Wildman–Crippen LogP) is 2.91. The number of aryl methyl sites for hydroxylation is 2. The highest BCUT2D eigenvalue weighted by Crippen LogP contribution is 2.23. The van der Waals surface area contributed by atoms with Gasteiger partial charge in [-0.2, -0.15) is 0 Å². The first-order valence-corrected chi connectivity index (χ1v) is 7.73. The smallest absolute Gasteiger partial charge is 0.175 e. The van der Waals surface area contributed by atoms with Gasteiger partial charge < -0.3 is 0 Å². The molecule has 0 fully saturated rings. The average molecular weight is 264 g/mol. The van der Waals surface area contributed by atoms with Crippen LogP contribution < -0.4 is 0 Å². The topological polar surface area (TPSA) is 34.1 Å². The van der Waals surface area contributed by atoms with Gasteiger partial charge in [0.1, 0.15) is 0 Å². The summed E-state index contributed by atoms with van der Waals surface area (Å²) in [6.07, 6.45) is 3.37. The van der Waals surface area contributed by atoms with E-state index < -0.39 is 10.8 Å². The van der Waals surface area contributed by atoms with Crippen LogP contribution in [0, 0.1) is 0 Å². The predicted molar refractivity (Wildman–Crippen MR) is 75.6 cm³/mol. The standard InChI is InChI=1S/C15H20O2S/c1-15(2,3)18(17)10-14(16)13-8-7-11-5-4-6-12(11)9-13/h7-9H,4-6,10H2,1-3H3. The van der Waals surface area contributed by atoms with Gasteiger partial charge in [-0.15, -0.1) is 0 Å². The number of hydrogen-bond donors (Lipinski definition) is 0. The summed E-state index contributed by atoms with van der Waals surface area (Å²) in [5.41, 5.74) is 3.37. The van der Waals surface area contributed by atoms with Crippen LogP contribution in [0.1, 0.15) is 48.7 Å². The lowest BCUT2D eigenvalue weighted by molar-refractivity contribution is 0.102. The van der Waals surface area contributed by atoms with Crippen LogP contribution in [0.25, 0.3) is 0 Å². The molecule has 0 bridgehead atoms. The van der Waals surface area contributed by atoms with E-state index in [1.165, 1.54) is 17.5 Å². The normalized spacial score (nSPS) is 16.4. The van der Waals surface area contributed by atoms with Crippen LogP contribution in [-0.4, -0.2) is 20.5 Å². The number of rotatable bonds is 3. The molecule has 2 nitrogen and oxygen atoms in total. The molecule has 1 aromatic rings. The first-order chi connectivity index (χ1) is 8.38. The molecule has 0 N–H and O–H groups in total. The van der Waals surface area contributed by atoms with E-state index in [4.69, 9.17) is 0 Å². The Bertz CT molecular complexity index is 498. The largest absolute Gasteiger partial charge is 0.293 e. The van der Waals surface area contributed by atoms with Crippen LogP contribution in [0.15, 0.2) is 18.2 Å². The van der Waals surface area contributed by atoms with Gasteiger partial charge in [-0.3, -0.25) is 9.00 Å². The lowest BCUT2D eigenvalue weighted by Crippen LogP contribution is -2.27. The molecule has 0 saturated heterocycles. The molecule has 0 aromatic heterocycles. The highest BCUT2D eigenvalue weighted by atomic mass is 32.2. The minimum absolute atomic E-state index is 0.00189. The molecule has 0 spiro atoms. The molecule has 0 aliphatic heterocycles. The van der Waals surface area contributed by atoms with E-state index in [2.05, 4.69) is 6.07 Å². The number of hydrogen-bond acceptors (Lipinski definition) is 2. The van der Waals surface area contributed by atoms with Gasteiger partial charge in [-0.25, -0.2) is 0 Å². The molecule has 1 aliphatic rings. The minimum Gasteiger partial charge on any atom is -0.293 e.